The molecule has 0 aromatic rings. The van der Waals surface area contributed by atoms with Crippen molar-refractivity contribution in [2.45, 2.75) is 13.1 Å². The highest BCUT2D eigenvalue weighted by molar-refractivity contribution is 8.06. The van der Waals surface area contributed by atoms with E-state index >= 15 is 0 Å². The quantitative estimate of drug-likeness (QED) is 0.609. The van der Waals surface area contributed by atoms with Gasteiger partial charge < -0.3 is 0 Å². The summed E-state index contributed by atoms with van der Waals surface area (Å²) in [4.78, 5) is -0.428. The van der Waals surface area contributed by atoms with Crippen LogP contribution in [0.25, 0.3) is 0 Å². The Morgan fingerprint density at radius 3 is 1.80 bits per heavy atom. The molecule has 0 unspecified atom stereocenters. The molecule has 0 amide bonds. The van der Waals surface area contributed by atoms with Gasteiger partial charge >= 0.3 is 6.18 Å². The van der Waals surface area contributed by atoms with Gasteiger partial charge in [0.25, 0.3) is 0 Å². The van der Waals surface area contributed by atoms with E-state index in [4.69, 9.17) is 0 Å². The van der Waals surface area contributed by atoms with E-state index in [9.17, 15) is 13.2 Å². The normalized spacial score (nSPS) is 11.2. The van der Waals surface area contributed by atoms with E-state index in [2.05, 4.69) is 13.2 Å². The lowest BCUT2D eigenvalue weighted by molar-refractivity contribution is -0.0832. The van der Waals surface area contributed by atoms with Crippen LogP contribution in [0, 0.1) is 0 Å². The maximum Gasteiger partial charge on any atom is 0.422 e. The standard InChI is InChI=1S/C6H7F3S/c1-4(2)10-5(3)6(7,8)9/h1,3H2,2H3. The molecule has 0 heterocycles. The molecule has 0 aromatic heterocycles. The second-order valence-corrected chi connectivity index (χ2v) is 3.12. The molecule has 0 aliphatic heterocycles. The minimum absolute atomic E-state index is 0.391. The van der Waals surface area contributed by atoms with Crippen molar-refractivity contribution in [3.63, 3.8) is 0 Å². The van der Waals surface area contributed by atoms with Crippen LogP contribution in [-0.2, 0) is 0 Å². The van der Waals surface area contributed by atoms with Crippen molar-refractivity contribution < 1.29 is 13.2 Å². The van der Waals surface area contributed by atoms with E-state index < -0.39 is 11.1 Å². The van der Waals surface area contributed by atoms with Gasteiger partial charge in [-0.05, 0) is 11.8 Å². The highest BCUT2D eigenvalue weighted by Gasteiger charge is 2.32. The first-order valence-corrected chi connectivity index (χ1v) is 3.25. The van der Waals surface area contributed by atoms with E-state index in [1.807, 2.05) is 0 Å². The zero-order valence-electron chi connectivity index (χ0n) is 5.46. The van der Waals surface area contributed by atoms with Crippen LogP contribution in [0.15, 0.2) is 23.0 Å². The predicted octanol–water partition coefficient (Wildman–Crippen LogP) is 3.33. The van der Waals surface area contributed by atoms with Gasteiger partial charge in [-0.3, -0.25) is 0 Å². The Morgan fingerprint density at radius 2 is 1.70 bits per heavy atom. The Bertz CT molecular complexity index is 157. The van der Waals surface area contributed by atoms with Gasteiger partial charge in [-0.2, -0.15) is 13.2 Å². The molecule has 0 nitrogen and oxygen atoms in total. The van der Waals surface area contributed by atoms with Gasteiger partial charge in [-0.25, -0.2) is 0 Å². The van der Waals surface area contributed by atoms with Crippen molar-refractivity contribution in [1.29, 1.82) is 0 Å². The second-order valence-electron chi connectivity index (χ2n) is 1.73. The molecular weight excluding hydrogens is 161 g/mol. The number of alkyl halides is 3. The van der Waals surface area contributed by atoms with E-state index in [0.717, 1.165) is 0 Å². The van der Waals surface area contributed by atoms with Crippen LogP contribution < -0.4 is 0 Å². The fraction of sp³-hybridized carbons (Fsp3) is 0.333. The second kappa shape index (κ2) is 3.14. The van der Waals surface area contributed by atoms with Crippen molar-refractivity contribution in [2.75, 3.05) is 0 Å². The van der Waals surface area contributed by atoms with Gasteiger partial charge in [-0.1, -0.05) is 24.9 Å². The van der Waals surface area contributed by atoms with Crippen molar-refractivity contribution in [2.24, 2.45) is 0 Å². The molecule has 0 N–H and O–H groups in total. The van der Waals surface area contributed by atoms with Crippen molar-refractivity contribution in [1.82, 2.24) is 0 Å². The van der Waals surface area contributed by atoms with Crippen molar-refractivity contribution in [3.8, 4) is 0 Å². The fourth-order valence-electron chi connectivity index (χ4n) is 0.268. The minimum atomic E-state index is -4.30. The first kappa shape index (κ1) is 9.62. The van der Waals surface area contributed by atoms with Crippen LogP contribution >= 0.6 is 11.8 Å². The van der Waals surface area contributed by atoms with E-state index in [-0.39, 0.29) is 0 Å². The van der Waals surface area contributed by atoms with Gasteiger partial charge in [0.05, 0.1) is 4.91 Å². The lowest BCUT2D eigenvalue weighted by Crippen LogP contribution is -2.07. The van der Waals surface area contributed by atoms with Gasteiger partial charge in [-0.15, -0.1) is 0 Å². The first-order valence-electron chi connectivity index (χ1n) is 2.43. The minimum Gasteiger partial charge on any atom is -0.166 e. The smallest absolute Gasteiger partial charge is 0.166 e. The first-order chi connectivity index (χ1) is 4.34. The maximum atomic E-state index is 11.6. The zero-order chi connectivity index (χ0) is 8.36. The average molecular weight is 168 g/mol. The summed E-state index contributed by atoms with van der Waals surface area (Å²) in [5.41, 5.74) is 0. The molecule has 0 saturated heterocycles. The van der Waals surface area contributed by atoms with Crippen molar-refractivity contribution in [3.05, 3.63) is 23.0 Å². The van der Waals surface area contributed by atoms with Crippen LogP contribution in [0.5, 0.6) is 0 Å². The molecule has 0 fully saturated rings. The molecule has 0 aromatic carbocycles. The lowest BCUT2D eigenvalue weighted by Gasteiger charge is -2.07. The highest BCUT2D eigenvalue weighted by Crippen LogP contribution is 2.35. The Hall–Kier alpha value is -0.380. The fourth-order valence-corrected chi connectivity index (χ4v) is 0.805. The summed E-state index contributed by atoms with van der Waals surface area (Å²) < 4.78 is 34.9. The topological polar surface area (TPSA) is 0 Å². The highest BCUT2D eigenvalue weighted by atomic mass is 32.2. The molecule has 0 aliphatic carbocycles. The molecule has 0 saturated carbocycles. The van der Waals surface area contributed by atoms with E-state index in [1.54, 1.807) is 0 Å². The molecule has 0 radical (unpaired) electrons. The van der Waals surface area contributed by atoms with Crippen LogP contribution in [-0.4, -0.2) is 6.18 Å². The number of thioether (sulfide) groups is 1. The van der Waals surface area contributed by atoms with Crippen LogP contribution in [0.3, 0.4) is 0 Å². The largest absolute Gasteiger partial charge is 0.422 e. The monoisotopic (exact) mass is 168 g/mol. The molecule has 0 aliphatic rings. The summed E-state index contributed by atoms with van der Waals surface area (Å²) >= 11 is 0.547. The van der Waals surface area contributed by atoms with Crippen molar-refractivity contribution >= 4 is 11.8 Å². The number of hydrogen-bond acceptors (Lipinski definition) is 1. The summed E-state index contributed by atoms with van der Waals surface area (Å²) in [5, 5.41) is 0. The molecule has 10 heavy (non-hydrogen) atoms. The molecule has 58 valence electrons. The summed E-state index contributed by atoms with van der Waals surface area (Å²) in [5.74, 6) is 0. The Labute approximate surface area is 61.8 Å². The molecule has 0 spiro atoms. The Morgan fingerprint density at radius 1 is 1.30 bits per heavy atom. The number of halogens is 3. The van der Waals surface area contributed by atoms with Gasteiger partial charge in [0.15, 0.2) is 0 Å². The van der Waals surface area contributed by atoms with E-state index in [0.29, 0.717) is 16.7 Å². The predicted molar refractivity (Wildman–Crippen MR) is 37.6 cm³/mol. The summed E-state index contributed by atoms with van der Waals surface area (Å²) in [7, 11) is 0. The third-order valence-corrected chi connectivity index (χ3v) is 1.44. The Kier molecular flexibility index (Phi) is 3.02. The van der Waals surface area contributed by atoms with Gasteiger partial charge in [0, 0.05) is 0 Å². The molecule has 0 bridgehead atoms. The molecule has 4 heteroatoms. The number of rotatable bonds is 2. The Balaban J connectivity index is 3.99. The van der Waals surface area contributed by atoms with Crippen LogP contribution in [0.1, 0.15) is 6.92 Å². The molecule has 0 atom stereocenters. The lowest BCUT2D eigenvalue weighted by atomic mass is 10.6. The third kappa shape index (κ3) is 3.61. The van der Waals surface area contributed by atoms with E-state index in [1.165, 1.54) is 6.92 Å². The van der Waals surface area contributed by atoms with Gasteiger partial charge in [0.2, 0.25) is 0 Å². The van der Waals surface area contributed by atoms with Crippen LogP contribution in [0.2, 0.25) is 0 Å². The third-order valence-electron chi connectivity index (χ3n) is 0.614. The molecular formula is C6H7F3S. The summed E-state index contributed by atoms with van der Waals surface area (Å²) in [6, 6.07) is 0. The zero-order valence-corrected chi connectivity index (χ0v) is 6.27. The number of hydrogen-bond donors (Lipinski definition) is 0. The summed E-state index contributed by atoms with van der Waals surface area (Å²) in [6.07, 6.45) is -4.30. The SMILES string of the molecule is C=C(C)SC(=C)C(F)(F)F. The average Bonchev–Trinajstić information content (AvgIpc) is 1.60. The number of allylic oxidation sites excluding steroid dienone is 2. The summed E-state index contributed by atoms with van der Waals surface area (Å²) in [6.45, 7) is 7.66. The van der Waals surface area contributed by atoms with Crippen LogP contribution in [0.4, 0.5) is 13.2 Å². The maximum absolute atomic E-state index is 11.6. The molecule has 0 rings (SSSR count). The van der Waals surface area contributed by atoms with Gasteiger partial charge in [0.1, 0.15) is 0 Å².